The second kappa shape index (κ2) is 17.5. The van der Waals surface area contributed by atoms with E-state index in [0.717, 1.165) is 26.2 Å². The molecular formula is C17H33KN2O4. The van der Waals surface area contributed by atoms with Crippen molar-refractivity contribution in [2.75, 3.05) is 6.61 Å². The first-order valence-electron chi connectivity index (χ1n) is 7.32. The number of aliphatic carboxylic acids is 1. The topological polar surface area (TPSA) is 134 Å². The second-order valence-electron chi connectivity index (χ2n) is 4.89. The fraction of sp³-hybridized carbons (Fsp3) is 0.529. The fourth-order valence-electron chi connectivity index (χ4n) is 2.13. The summed E-state index contributed by atoms with van der Waals surface area (Å²) < 4.78 is 5.22. The van der Waals surface area contributed by atoms with Gasteiger partial charge in [-0.3, -0.25) is 9.59 Å². The minimum absolute atomic E-state index is 0. The molecule has 0 aliphatic carbocycles. The Bertz CT molecular complexity index is 433. The third-order valence-corrected chi connectivity index (χ3v) is 3.45. The van der Waals surface area contributed by atoms with Crippen LogP contribution in [0.4, 0.5) is 0 Å². The molecule has 136 valence electrons. The monoisotopic (exact) mass is 368 g/mol. The first kappa shape index (κ1) is 31.5. The molecule has 0 saturated heterocycles. The average Bonchev–Trinajstić information content (AvgIpc) is 2.45. The van der Waals surface area contributed by atoms with Gasteiger partial charge in [0.25, 0.3) is 5.97 Å². The van der Waals surface area contributed by atoms with E-state index in [1.54, 1.807) is 0 Å². The molecule has 0 radical (unpaired) electrons. The second-order valence-corrected chi connectivity index (χ2v) is 4.89. The summed E-state index contributed by atoms with van der Waals surface area (Å²) in [6.07, 6.45) is 2.40. The van der Waals surface area contributed by atoms with E-state index in [2.05, 4.69) is 26.0 Å². The van der Waals surface area contributed by atoms with Gasteiger partial charge in [-0.05, 0) is 31.7 Å². The van der Waals surface area contributed by atoms with Crippen LogP contribution in [-0.2, 0) is 20.7 Å². The van der Waals surface area contributed by atoms with Crippen LogP contribution < -0.4 is 12.3 Å². The zero-order valence-corrected chi connectivity index (χ0v) is 14.8. The molecule has 1 aromatic carbocycles. The number of ether oxygens (including phenoxy) is 1. The molecule has 0 spiro atoms. The molecule has 0 heterocycles. The van der Waals surface area contributed by atoms with Crippen molar-refractivity contribution in [1.29, 1.82) is 0 Å². The van der Waals surface area contributed by atoms with Gasteiger partial charge in [-0.2, -0.15) is 0 Å². The first-order valence-corrected chi connectivity index (χ1v) is 7.32. The summed E-state index contributed by atoms with van der Waals surface area (Å²) in [6.45, 7) is 7.51. The van der Waals surface area contributed by atoms with Gasteiger partial charge in [0.15, 0.2) is 0 Å². The van der Waals surface area contributed by atoms with Crippen LogP contribution in [0.1, 0.15) is 46.1 Å². The molecule has 0 atom stereocenters. The van der Waals surface area contributed by atoms with Crippen LogP contribution in [0.5, 0.6) is 0 Å². The number of hydrogen-bond donors (Lipinski definition) is 3. The summed E-state index contributed by atoms with van der Waals surface area (Å²) in [5.41, 5.74) is 0.835. The fourth-order valence-corrected chi connectivity index (χ4v) is 2.13. The van der Waals surface area contributed by atoms with Crippen molar-refractivity contribution >= 4 is 63.3 Å². The quantitative estimate of drug-likeness (QED) is 0.520. The normalized spacial score (nSPS) is 9.00. The van der Waals surface area contributed by atoms with E-state index >= 15 is 0 Å². The summed E-state index contributed by atoms with van der Waals surface area (Å²) in [5, 5.41) is 7.42. The van der Waals surface area contributed by atoms with Crippen LogP contribution in [0.2, 0.25) is 0 Å². The number of benzene rings is 1. The van der Waals surface area contributed by atoms with Crippen molar-refractivity contribution in [2.24, 2.45) is 5.41 Å². The molecule has 0 amide bonds. The standard InChI is InChI=1S/C15H22O2.C2H4O2.K.2H3N.H/c1-4-15(5-2,14(16)17-6-3)12-13-10-8-7-9-11-13;1-2(3)4;;;;/h7-11H,4-6,12H2,1-3H3;1H3,(H,3,4);;2*1H3;. The van der Waals surface area contributed by atoms with Crippen molar-refractivity contribution in [3.05, 3.63) is 35.9 Å². The van der Waals surface area contributed by atoms with E-state index in [-0.39, 0.29) is 75.1 Å². The number of rotatable bonds is 6. The Morgan fingerprint density at radius 1 is 1.04 bits per heavy atom. The molecule has 24 heavy (non-hydrogen) atoms. The molecule has 0 aliphatic rings. The zero-order valence-electron chi connectivity index (χ0n) is 14.8. The van der Waals surface area contributed by atoms with E-state index in [1.165, 1.54) is 5.56 Å². The molecular weight excluding hydrogens is 335 g/mol. The van der Waals surface area contributed by atoms with Crippen molar-refractivity contribution in [3.8, 4) is 0 Å². The van der Waals surface area contributed by atoms with Gasteiger partial charge < -0.3 is 22.1 Å². The summed E-state index contributed by atoms with van der Waals surface area (Å²) >= 11 is 0. The van der Waals surface area contributed by atoms with Crippen LogP contribution in [0.25, 0.3) is 0 Å². The molecule has 0 saturated carbocycles. The summed E-state index contributed by atoms with van der Waals surface area (Å²) in [4.78, 5) is 21.1. The van der Waals surface area contributed by atoms with Crippen LogP contribution >= 0.6 is 0 Å². The van der Waals surface area contributed by atoms with Crippen LogP contribution in [0.15, 0.2) is 30.3 Å². The Morgan fingerprint density at radius 3 is 1.79 bits per heavy atom. The van der Waals surface area contributed by atoms with Crippen molar-refractivity contribution in [1.82, 2.24) is 12.3 Å². The Kier molecular flexibility index (Phi) is 23.0. The maximum absolute atomic E-state index is 12.1. The molecule has 6 nitrogen and oxygen atoms in total. The van der Waals surface area contributed by atoms with Crippen LogP contribution in [0.3, 0.4) is 0 Å². The average molecular weight is 369 g/mol. The molecule has 1 aromatic rings. The molecule has 0 bridgehead atoms. The van der Waals surface area contributed by atoms with Gasteiger partial charge >= 0.3 is 57.4 Å². The number of carboxylic acids is 1. The molecule has 0 fully saturated rings. The van der Waals surface area contributed by atoms with Gasteiger partial charge in [0.1, 0.15) is 0 Å². The van der Waals surface area contributed by atoms with Crippen molar-refractivity contribution < 1.29 is 19.4 Å². The molecule has 7 heteroatoms. The van der Waals surface area contributed by atoms with Gasteiger partial charge in [-0.1, -0.05) is 44.2 Å². The molecule has 0 aromatic heterocycles. The maximum atomic E-state index is 12.1. The van der Waals surface area contributed by atoms with Gasteiger partial charge in [-0.15, -0.1) is 0 Å². The van der Waals surface area contributed by atoms with Crippen LogP contribution in [0, 0.1) is 5.41 Å². The predicted molar refractivity (Wildman–Crippen MR) is 100 cm³/mol. The molecule has 1 rings (SSSR count). The van der Waals surface area contributed by atoms with Gasteiger partial charge in [0, 0.05) is 6.92 Å². The van der Waals surface area contributed by atoms with Gasteiger partial charge in [-0.25, -0.2) is 0 Å². The molecule has 0 unspecified atom stereocenters. The predicted octanol–water partition coefficient (Wildman–Crippen LogP) is 3.36. The van der Waals surface area contributed by atoms with E-state index in [4.69, 9.17) is 14.6 Å². The van der Waals surface area contributed by atoms with E-state index in [1.807, 2.05) is 25.1 Å². The SMILES string of the molecule is CC(=O)O.CCOC(=O)C(CC)(CC)Cc1ccccc1.N.N.[KH]. The number of hydrogen-bond acceptors (Lipinski definition) is 5. The van der Waals surface area contributed by atoms with Crippen molar-refractivity contribution in [2.45, 2.75) is 47.0 Å². The third kappa shape index (κ3) is 12.1. The number of esters is 1. The summed E-state index contributed by atoms with van der Waals surface area (Å²) in [5.74, 6) is -0.895. The van der Waals surface area contributed by atoms with E-state index in [0.29, 0.717) is 6.61 Å². The Hall–Kier alpha value is -0.284. The Balaban J connectivity index is -0.000000258. The van der Waals surface area contributed by atoms with Gasteiger partial charge in [0.2, 0.25) is 0 Å². The third-order valence-electron chi connectivity index (χ3n) is 3.45. The van der Waals surface area contributed by atoms with Crippen LogP contribution in [-0.4, -0.2) is 75.0 Å². The molecule has 7 N–H and O–H groups in total. The zero-order chi connectivity index (χ0) is 16.3. The minimum atomic E-state index is -0.833. The Morgan fingerprint density at radius 2 is 1.46 bits per heavy atom. The van der Waals surface area contributed by atoms with Gasteiger partial charge in [0.05, 0.1) is 12.0 Å². The summed E-state index contributed by atoms with van der Waals surface area (Å²) in [7, 11) is 0. The number of carbonyl (C=O) groups excluding carboxylic acids is 1. The van der Waals surface area contributed by atoms with E-state index in [9.17, 15) is 4.79 Å². The van der Waals surface area contributed by atoms with E-state index < -0.39 is 5.97 Å². The number of carboxylic acid groups (broad SMARTS) is 1. The Labute approximate surface area is 188 Å². The first-order chi connectivity index (χ1) is 9.91. The summed E-state index contributed by atoms with van der Waals surface area (Å²) in [6, 6.07) is 10.2. The number of carbonyl (C=O) groups is 2. The van der Waals surface area contributed by atoms with Crippen molar-refractivity contribution in [3.63, 3.8) is 0 Å². The molecule has 0 aliphatic heterocycles.